The number of carbonyl (C=O) groups is 1. The van der Waals surface area contributed by atoms with Crippen LogP contribution in [-0.2, 0) is 4.79 Å². The molecule has 0 spiro atoms. The van der Waals surface area contributed by atoms with Gasteiger partial charge in [-0.3, -0.25) is 9.69 Å². The van der Waals surface area contributed by atoms with Gasteiger partial charge in [0.25, 0.3) is 0 Å². The highest BCUT2D eigenvalue weighted by Gasteiger charge is 2.28. The number of ether oxygens (including phenoxy) is 1. The summed E-state index contributed by atoms with van der Waals surface area (Å²) in [5.41, 5.74) is 2.97. The number of carbonyl (C=O) groups excluding carboxylic acids is 1. The maximum atomic E-state index is 12.1. The number of hydrogen-bond donors (Lipinski definition) is 0. The van der Waals surface area contributed by atoms with Crippen LogP contribution in [0.2, 0.25) is 0 Å². The second-order valence-corrected chi connectivity index (χ2v) is 8.29. The highest BCUT2D eigenvalue weighted by molar-refractivity contribution is 9.10. The van der Waals surface area contributed by atoms with E-state index in [1.807, 2.05) is 56.4 Å². The lowest BCUT2D eigenvalue weighted by Crippen LogP contribution is -2.55. The second-order valence-electron chi connectivity index (χ2n) is 7.38. The van der Waals surface area contributed by atoms with Crippen molar-refractivity contribution in [2.24, 2.45) is 0 Å². The van der Waals surface area contributed by atoms with Crippen LogP contribution in [0.15, 0.2) is 59.1 Å². The molecule has 2 heterocycles. The minimum atomic E-state index is -0.0840. The zero-order chi connectivity index (χ0) is 20.4. The van der Waals surface area contributed by atoms with Crippen molar-refractivity contribution in [2.45, 2.75) is 13.0 Å². The predicted octanol–water partition coefficient (Wildman–Crippen LogP) is 4.21. The predicted molar refractivity (Wildman–Crippen MR) is 119 cm³/mol. The zero-order valence-electron chi connectivity index (χ0n) is 16.6. The van der Waals surface area contributed by atoms with E-state index in [0.717, 1.165) is 52.0 Å². The molecule has 1 aliphatic heterocycles. The van der Waals surface area contributed by atoms with Crippen LogP contribution in [0, 0.1) is 0 Å². The van der Waals surface area contributed by atoms with E-state index in [2.05, 4.69) is 33.0 Å². The molecule has 1 amide bonds. The molecule has 4 rings (SSSR count). The Bertz CT molecular complexity index is 1020. The highest BCUT2D eigenvalue weighted by atomic mass is 79.9. The van der Waals surface area contributed by atoms with E-state index in [-0.39, 0.29) is 11.9 Å². The molecule has 1 saturated heterocycles. The maximum Gasteiger partial charge on any atom is 0.239 e. The summed E-state index contributed by atoms with van der Waals surface area (Å²) >= 11 is 3.50. The first-order valence-electron chi connectivity index (χ1n) is 9.80. The largest absolute Gasteiger partial charge is 0.492 e. The van der Waals surface area contributed by atoms with Crippen LogP contribution in [0.5, 0.6) is 5.75 Å². The molecule has 0 saturated carbocycles. The van der Waals surface area contributed by atoms with Crippen molar-refractivity contribution in [3.63, 3.8) is 0 Å². The van der Waals surface area contributed by atoms with Crippen molar-refractivity contribution >= 4 is 32.7 Å². The first kappa shape index (κ1) is 19.9. The molecule has 6 heteroatoms. The van der Waals surface area contributed by atoms with Crippen LogP contribution in [0.25, 0.3) is 22.2 Å². The van der Waals surface area contributed by atoms with Crippen molar-refractivity contribution in [2.75, 3.05) is 33.3 Å². The van der Waals surface area contributed by atoms with Gasteiger partial charge >= 0.3 is 0 Å². The molecule has 0 bridgehead atoms. The summed E-state index contributed by atoms with van der Waals surface area (Å²) in [4.78, 5) is 20.8. The minimum absolute atomic E-state index is 0.0840. The van der Waals surface area contributed by atoms with Gasteiger partial charge in [0.05, 0.1) is 17.3 Å². The van der Waals surface area contributed by atoms with Crippen LogP contribution < -0.4 is 4.74 Å². The third-order valence-corrected chi connectivity index (χ3v) is 5.95. The normalized spacial score (nSPS) is 17.7. The van der Waals surface area contributed by atoms with Crippen molar-refractivity contribution in [3.8, 4) is 17.0 Å². The topological polar surface area (TPSA) is 45.7 Å². The van der Waals surface area contributed by atoms with E-state index >= 15 is 0 Å². The number of fused-ring (bicyclic) bond motifs is 1. The molecule has 1 fully saturated rings. The lowest BCUT2D eigenvalue weighted by Gasteiger charge is -2.37. The number of pyridine rings is 1. The average Bonchev–Trinajstić information content (AvgIpc) is 2.74. The van der Waals surface area contributed by atoms with Gasteiger partial charge in [-0.1, -0.05) is 22.0 Å². The maximum absolute atomic E-state index is 12.1. The molecule has 29 heavy (non-hydrogen) atoms. The number of benzene rings is 2. The van der Waals surface area contributed by atoms with Crippen LogP contribution in [-0.4, -0.2) is 60.0 Å². The van der Waals surface area contributed by atoms with Gasteiger partial charge in [-0.15, -0.1) is 0 Å². The summed E-state index contributed by atoms with van der Waals surface area (Å²) in [5, 5.41) is 1.11. The van der Waals surface area contributed by atoms with E-state index in [4.69, 9.17) is 9.72 Å². The summed E-state index contributed by atoms with van der Waals surface area (Å²) in [5.74, 6) is 1.00. The summed E-state index contributed by atoms with van der Waals surface area (Å²) in [7, 11) is 1.86. The summed E-state index contributed by atoms with van der Waals surface area (Å²) in [6, 6.07) is 18.1. The Labute approximate surface area is 179 Å². The van der Waals surface area contributed by atoms with Crippen LogP contribution in [0.1, 0.15) is 6.92 Å². The van der Waals surface area contributed by atoms with E-state index in [0.29, 0.717) is 6.61 Å². The van der Waals surface area contributed by atoms with Crippen LogP contribution in [0.3, 0.4) is 0 Å². The Kier molecular flexibility index (Phi) is 5.83. The van der Waals surface area contributed by atoms with Crippen molar-refractivity contribution in [3.05, 3.63) is 59.1 Å². The lowest BCUT2D eigenvalue weighted by molar-refractivity contribution is -0.139. The SMILES string of the molecule is C[C@@H]1C(=O)N(C)CCN1CCOc1ccc(-c2ccc3cc(Br)ccc3n2)cc1. The molecular weight excluding hydrogens is 430 g/mol. The van der Waals surface area contributed by atoms with Gasteiger partial charge in [-0.2, -0.15) is 0 Å². The number of aromatic nitrogens is 1. The number of nitrogens with zero attached hydrogens (tertiary/aromatic N) is 3. The molecule has 1 aromatic heterocycles. The molecule has 1 atom stereocenters. The number of rotatable bonds is 5. The standard InChI is InChI=1S/C23H24BrN3O2/c1-16-23(28)26(2)11-12-27(16)13-14-29-20-7-3-17(4-8-20)21-9-5-18-15-19(24)6-10-22(18)25-21/h3-10,15-16H,11-14H2,1-2H3/t16-/m1/s1. The monoisotopic (exact) mass is 453 g/mol. The fourth-order valence-corrected chi connectivity index (χ4v) is 4.00. The van der Waals surface area contributed by atoms with Crippen molar-refractivity contribution < 1.29 is 9.53 Å². The third-order valence-electron chi connectivity index (χ3n) is 5.45. The Morgan fingerprint density at radius 3 is 2.69 bits per heavy atom. The molecule has 0 unspecified atom stereocenters. The van der Waals surface area contributed by atoms with Crippen molar-refractivity contribution in [1.82, 2.24) is 14.8 Å². The Balaban J connectivity index is 1.37. The number of amides is 1. The number of likely N-dealkylation sites (N-methyl/N-ethyl adjacent to an activating group) is 1. The third kappa shape index (κ3) is 4.43. The quantitative estimate of drug-likeness (QED) is 0.580. The molecule has 150 valence electrons. The van der Waals surface area contributed by atoms with Gasteiger partial charge < -0.3 is 9.64 Å². The number of piperazine rings is 1. The van der Waals surface area contributed by atoms with Gasteiger partial charge in [-0.05, 0) is 55.5 Å². The number of halogens is 1. The molecule has 0 N–H and O–H groups in total. The molecular formula is C23H24BrN3O2. The summed E-state index contributed by atoms with van der Waals surface area (Å²) in [6.07, 6.45) is 0. The Hall–Kier alpha value is -2.44. The molecule has 0 aliphatic carbocycles. The minimum Gasteiger partial charge on any atom is -0.492 e. The smallest absolute Gasteiger partial charge is 0.239 e. The first-order valence-corrected chi connectivity index (χ1v) is 10.6. The summed E-state index contributed by atoms with van der Waals surface area (Å²) in [6.45, 7) is 4.92. The van der Waals surface area contributed by atoms with Gasteiger partial charge in [-0.25, -0.2) is 4.98 Å². The summed E-state index contributed by atoms with van der Waals surface area (Å²) < 4.78 is 6.95. The molecule has 0 radical (unpaired) electrons. The Morgan fingerprint density at radius 1 is 1.10 bits per heavy atom. The fourth-order valence-electron chi connectivity index (χ4n) is 3.62. The van der Waals surface area contributed by atoms with Crippen LogP contribution in [0.4, 0.5) is 0 Å². The zero-order valence-corrected chi connectivity index (χ0v) is 18.2. The molecule has 2 aromatic carbocycles. The van der Waals surface area contributed by atoms with E-state index in [1.54, 1.807) is 4.90 Å². The number of hydrogen-bond acceptors (Lipinski definition) is 4. The van der Waals surface area contributed by atoms with Gasteiger partial charge in [0.2, 0.25) is 5.91 Å². The lowest BCUT2D eigenvalue weighted by atomic mass is 10.1. The first-order chi connectivity index (χ1) is 14.0. The van der Waals surface area contributed by atoms with Crippen molar-refractivity contribution in [1.29, 1.82) is 0 Å². The van der Waals surface area contributed by atoms with Crippen LogP contribution >= 0.6 is 15.9 Å². The van der Waals surface area contributed by atoms with Gasteiger partial charge in [0.15, 0.2) is 0 Å². The van der Waals surface area contributed by atoms with Gasteiger partial charge in [0.1, 0.15) is 12.4 Å². The van der Waals surface area contributed by atoms with E-state index in [1.165, 1.54) is 0 Å². The van der Waals surface area contributed by atoms with Gasteiger partial charge in [0, 0.05) is 42.1 Å². The molecule has 1 aliphatic rings. The van der Waals surface area contributed by atoms with E-state index in [9.17, 15) is 4.79 Å². The Morgan fingerprint density at radius 2 is 1.90 bits per heavy atom. The highest BCUT2D eigenvalue weighted by Crippen LogP contribution is 2.25. The van der Waals surface area contributed by atoms with E-state index < -0.39 is 0 Å². The molecule has 3 aromatic rings. The second kappa shape index (κ2) is 8.51. The average molecular weight is 454 g/mol. The molecule has 5 nitrogen and oxygen atoms in total. The fraction of sp³-hybridized carbons (Fsp3) is 0.304.